The van der Waals surface area contributed by atoms with Crippen LogP contribution in [-0.4, -0.2) is 9.55 Å². The summed E-state index contributed by atoms with van der Waals surface area (Å²) in [4.78, 5) is 3.05. The maximum absolute atomic E-state index is 13.3. The van der Waals surface area contributed by atoms with Crippen LogP contribution in [0.1, 0.15) is 24.4 Å². The van der Waals surface area contributed by atoms with E-state index in [9.17, 15) is 4.39 Å². The molecule has 1 heterocycles. The molecule has 1 N–H and O–H groups in total. The van der Waals surface area contributed by atoms with Crippen LogP contribution in [-0.2, 0) is 0 Å². The molecule has 0 radical (unpaired) electrons. The van der Waals surface area contributed by atoms with Gasteiger partial charge in [-0.3, -0.25) is 0 Å². The highest BCUT2D eigenvalue weighted by molar-refractivity contribution is 7.71. The van der Waals surface area contributed by atoms with Gasteiger partial charge < -0.3 is 9.55 Å². The van der Waals surface area contributed by atoms with Gasteiger partial charge in [0.05, 0.1) is 11.0 Å². The molecule has 0 unspecified atom stereocenters. The lowest BCUT2D eigenvalue weighted by atomic mass is 10.2. The number of hydrogen-bond acceptors (Lipinski definition) is 1. The molecule has 2 aromatic rings. The van der Waals surface area contributed by atoms with Crippen LogP contribution >= 0.6 is 12.2 Å². The monoisotopic (exact) mass is 222 g/mol. The average molecular weight is 222 g/mol. The minimum Gasteiger partial charge on any atom is -0.330 e. The third kappa shape index (κ3) is 1.32. The summed E-state index contributed by atoms with van der Waals surface area (Å²) < 4.78 is 16.2. The first-order valence-corrected chi connectivity index (χ1v) is 5.48. The summed E-state index contributed by atoms with van der Waals surface area (Å²) >= 11 is 5.24. The molecule has 0 bridgehead atoms. The number of aromatic amines is 1. The highest BCUT2D eigenvalue weighted by atomic mass is 32.1. The summed E-state index contributed by atoms with van der Waals surface area (Å²) in [7, 11) is 0. The number of nitrogens with one attached hydrogen (secondary N) is 1. The van der Waals surface area contributed by atoms with Crippen molar-refractivity contribution in [1.29, 1.82) is 0 Å². The molecular weight excluding hydrogens is 211 g/mol. The first-order valence-electron chi connectivity index (χ1n) is 5.07. The molecule has 2 nitrogen and oxygen atoms in total. The lowest BCUT2D eigenvalue weighted by Crippen LogP contribution is -1.93. The fourth-order valence-electron chi connectivity index (χ4n) is 1.95. The molecule has 4 heteroatoms. The summed E-state index contributed by atoms with van der Waals surface area (Å²) in [5.74, 6) is -0.179. The Morgan fingerprint density at radius 3 is 2.87 bits per heavy atom. The first-order chi connectivity index (χ1) is 7.16. The number of H-pyrrole nitrogens is 1. The molecule has 78 valence electrons. The second kappa shape index (κ2) is 2.92. The molecule has 15 heavy (non-hydrogen) atoms. The lowest BCUT2D eigenvalue weighted by molar-refractivity contribution is 0.620. The minimum absolute atomic E-state index is 0.179. The van der Waals surface area contributed by atoms with Crippen molar-refractivity contribution >= 4 is 23.3 Å². The Balaban J connectivity index is 2.39. The summed E-state index contributed by atoms with van der Waals surface area (Å²) in [6.07, 6.45) is 2.36. The van der Waals surface area contributed by atoms with E-state index in [1.807, 2.05) is 6.07 Å². The quantitative estimate of drug-likeness (QED) is 0.732. The van der Waals surface area contributed by atoms with E-state index in [1.165, 1.54) is 18.9 Å². The molecule has 1 aromatic carbocycles. The van der Waals surface area contributed by atoms with E-state index < -0.39 is 0 Å². The number of halogens is 1. The van der Waals surface area contributed by atoms with Crippen LogP contribution in [0.25, 0.3) is 11.0 Å². The van der Waals surface area contributed by atoms with E-state index in [-0.39, 0.29) is 5.82 Å². The Morgan fingerprint density at radius 2 is 2.20 bits per heavy atom. The molecule has 3 rings (SSSR count). The van der Waals surface area contributed by atoms with Gasteiger partial charge in [0.1, 0.15) is 5.82 Å². The van der Waals surface area contributed by atoms with Crippen LogP contribution in [0.5, 0.6) is 0 Å². The van der Waals surface area contributed by atoms with Crippen molar-refractivity contribution in [3.8, 4) is 0 Å². The van der Waals surface area contributed by atoms with Crippen molar-refractivity contribution in [2.24, 2.45) is 0 Å². The van der Waals surface area contributed by atoms with Gasteiger partial charge >= 0.3 is 0 Å². The Labute approximate surface area is 91.7 Å². The van der Waals surface area contributed by atoms with Gasteiger partial charge in [-0.05, 0) is 49.7 Å². The lowest BCUT2D eigenvalue weighted by Gasteiger charge is -2.02. The van der Waals surface area contributed by atoms with Crippen LogP contribution in [0.15, 0.2) is 12.1 Å². The third-order valence-corrected chi connectivity index (χ3v) is 3.21. The number of aryl methyl sites for hydroxylation is 1. The standard InChI is InChI=1S/C11H11FN2S/c1-6-4-10-9(5-8(6)12)13-11(15)14(10)7-2-3-7/h4-5,7H,2-3H2,1H3,(H,13,15). The van der Waals surface area contributed by atoms with Crippen LogP contribution in [0, 0.1) is 17.5 Å². The zero-order valence-electron chi connectivity index (χ0n) is 8.38. The van der Waals surface area contributed by atoms with Crippen LogP contribution in [0.4, 0.5) is 4.39 Å². The Bertz CT molecular complexity index is 592. The van der Waals surface area contributed by atoms with Gasteiger partial charge in [-0.25, -0.2) is 4.39 Å². The summed E-state index contributed by atoms with van der Waals surface area (Å²) in [6.45, 7) is 1.78. The molecule has 0 saturated heterocycles. The predicted octanol–water partition coefficient (Wildman–Crippen LogP) is 3.48. The molecular formula is C11H11FN2S. The topological polar surface area (TPSA) is 20.7 Å². The maximum Gasteiger partial charge on any atom is 0.178 e. The van der Waals surface area contributed by atoms with Gasteiger partial charge in [0, 0.05) is 6.04 Å². The first kappa shape index (κ1) is 9.09. The molecule has 1 aromatic heterocycles. The van der Waals surface area contributed by atoms with E-state index in [4.69, 9.17) is 12.2 Å². The third-order valence-electron chi connectivity index (χ3n) is 2.91. The largest absolute Gasteiger partial charge is 0.330 e. The fraction of sp³-hybridized carbons (Fsp3) is 0.364. The molecule has 0 aliphatic heterocycles. The van der Waals surface area contributed by atoms with E-state index >= 15 is 0 Å². The smallest absolute Gasteiger partial charge is 0.178 e. The second-order valence-electron chi connectivity index (χ2n) is 4.15. The van der Waals surface area contributed by atoms with E-state index in [0.29, 0.717) is 16.4 Å². The summed E-state index contributed by atoms with van der Waals surface area (Å²) in [5, 5.41) is 0. The number of benzene rings is 1. The Morgan fingerprint density at radius 1 is 1.47 bits per heavy atom. The molecule has 0 spiro atoms. The predicted molar refractivity (Wildman–Crippen MR) is 60.1 cm³/mol. The number of nitrogens with zero attached hydrogens (tertiary/aromatic N) is 1. The highest BCUT2D eigenvalue weighted by Gasteiger charge is 2.26. The molecule has 1 fully saturated rings. The number of rotatable bonds is 1. The zero-order valence-corrected chi connectivity index (χ0v) is 9.20. The van der Waals surface area contributed by atoms with Gasteiger partial charge in [-0.15, -0.1) is 0 Å². The van der Waals surface area contributed by atoms with Crippen molar-refractivity contribution in [3.63, 3.8) is 0 Å². The van der Waals surface area contributed by atoms with Crippen molar-refractivity contribution in [1.82, 2.24) is 9.55 Å². The van der Waals surface area contributed by atoms with E-state index in [2.05, 4.69) is 9.55 Å². The number of imidazole rings is 1. The maximum atomic E-state index is 13.3. The summed E-state index contributed by atoms with van der Waals surface area (Å²) in [5.41, 5.74) is 2.50. The van der Waals surface area contributed by atoms with Gasteiger partial charge in [-0.1, -0.05) is 0 Å². The van der Waals surface area contributed by atoms with Crippen LogP contribution in [0.3, 0.4) is 0 Å². The fourth-order valence-corrected chi connectivity index (χ4v) is 2.30. The normalized spacial score (nSPS) is 16.1. The average Bonchev–Trinajstić information content (AvgIpc) is 2.93. The van der Waals surface area contributed by atoms with Gasteiger partial charge in [-0.2, -0.15) is 0 Å². The van der Waals surface area contributed by atoms with Gasteiger partial charge in [0.2, 0.25) is 0 Å². The Kier molecular flexibility index (Phi) is 1.77. The number of hydrogen-bond donors (Lipinski definition) is 1. The molecule has 1 saturated carbocycles. The van der Waals surface area contributed by atoms with E-state index in [0.717, 1.165) is 11.0 Å². The number of fused-ring (bicyclic) bond motifs is 1. The SMILES string of the molecule is Cc1cc2c(cc1F)[nH]c(=S)n2C1CC1. The highest BCUT2D eigenvalue weighted by Crippen LogP contribution is 2.37. The second-order valence-corrected chi connectivity index (χ2v) is 4.54. The van der Waals surface area contributed by atoms with E-state index in [1.54, 1.807) is 6.92 Å². The summed E-state index contributed by atoms with van der Waals surface area (Å²) in [6, 6.07) is 3.92. The van der Waals surface area contributed by atoms with Crippen molar-refractivity contribution in [3.05, 3.63) is 28.3 Å². The van der Waals surface area contributed by atoms with Crippen molar-refractivity contribution in [2.75, 3.05) is 0 Å². The van der Waals surface area contributed by atoms with Crippen LogP contribution in [0.2, 0.25) is 0 Å². The van der Waals surface area contributed by atoms with Crippen molar-refractivity contribution < 1.29 is 4.39 Å². The molecule has 1 aliphatic rings. The molecule has 0 atom stereocenters. The number of aromatic nitrogens is 2. The van der Waals surface area contributed by atoms with Gasteiger partial charge in [0.15, 0.2) is 4.77 Å². The van der Waals surface area contributed by atoms with Crippen LogP contribution < -0.4 is 0 Å². The molecule has 0 amide bonds. The van der Waals surface area contributed by atoms with Crippen molar-refractivity contribution in [2.45, 2.75) is 25.8 Å². The zero-order chi connectivity index (χ0) is 10.6. The Hall–Kier alpha value is -1.16. The minimum atomic E-state index is -0.179. The van der Waals surface area contributed by atoms with Gasteiger partial charge in [0.25, 0.3) is 0 Å². The molecule has 1 aliphatic carbocycles.